The number of phenolic OH excluding ortho intramolecular Hbond substituents is 6. The average Bonchev–Trinajstić information content (AvgIpc) is 3.62. The van der Waals surface area contributed by atoms with Gasteiger partial charge in [0.2, 0.25) is 0 Å². The molecule has 0 aliphatic heterocycles. The number of fused-ring (bicyclic) bond motifs is 2. The summed E-state index contributed by atoms with van der Waals surface area (Å²) in [5.74, 6) is -1.83. The van der Waals surface area contributed by atoms with Crippen molar-refractivity contribution in [3.05, 3.63) is 80.4 Å². The molecule has 58 heavy (non-hydrogen) atoms. The molecule has 0 fully saturated rings. The van der Waals surface area contributed by atoms with Gasteiger partial charge in [0.05, 0.1) is 24.5 Å². The van der Waals surface area contributed by atoms with Gasteiger partial charge in [-0.3, -0.25) is 9.36 Å². The number of nitrogens with zero attached hydrogens (tertiary/aromatic N) is 4. The smallest absolute Gasteiger partial charge is 0.163 e. The van der Waals surface area contributed by atoms with Crippen molar-refractivity contribution >= 4 is 21.5 Å². The molecule has 12 nitrogen and oxygen atoms in total. The maximum Gasteiger partial charge on any atom is 0.163 e. The van der Waals surface area contributed by atoms with Gasteiger partial charge >= 0.3 is 0 Å². The molecule has 0 radical (unpaired) electrons. The van der Waals surface area contributed by atoms with E-state index in [4.69, 9.17) is 0 Å². The minimum Gasteiger partial charge on any atom is -0.507 e. The van der Waals surface area contributed by atoms with E-state index >= 15 is 0 Å². The van der Waals surface area contributed by atoms with E-state index in [1.165, 1.54) is 0 Å². The van der Waals surface area contributed by atoms with E-state index in [0.29, 0.717) is 79.1 Å². The van der Waals surface area contributed by atoms with Crippen molar-refractivity contribution in [3.63, 3.8) is 0 Å². The fourth-order valence-electron chi connectivity index (χ4n) is 8.73. The maximum absolute atomic E-state index is 12.5. The quantitative estimate of drug-likeness (QED) is 0.0527. The minimum absolute atomic E-state index is 0.0973. The normalized spacial score (nSPS) is 13.1. The topological polar surface area (TPSA) is 181 Å². The first kappa shape index (κ1) is 42.2. The Morgan fingerprint density at radius 2 is 0.845 bits per heavy atom. The first-order chi connectivity index (χ1) is 27.2. The van der Waals surface area contributed by atoms with E-state index in [-0.39, 0.29) is 71.5 Å². The molecular formula is C46H60N6O6. The lowest BCUT2D eigenvalue weighted by atomic mass is 9.83. The van der Waals surface area contributed by atoms with Crippen molar-refractivity contribution in [2.75, 3.05) is 0 Å². The molecule has 0 bridgehead atoms. The highest BCUT2D eigenvalue weighted by molar-refractivity contribution is 6.08. The highest BCUT2D eigenvalue weighted by Gasteiger charge is 2.30. The standard InChI is InChI=1S/C46H60N6O6/c1-21(2)35-31-13-23(5)37(43(55)39(31)33(41(53)45(35)57)17-47-27(9)19-51-29(11)15-25(7)49-51)38-24(6)14-32-36(22(3)4)46(58)42(54)34(40(32)44(38)56)18-48-28(10)20-52-30(12)16-26(8)50-52/h13-16,21-22,27-28,47-48,53-58H,17-20H2,1-12H3. The third-order valence-corrected chi connectivity index (χ3v) is 11.5. The first-order valence-electron chi connectivity index (χ1n) is 20.2. The van der Waals surface area contributed by atoms with Crippen molar-refractivity contribution in [1.82, 2.24) is 30.2 Å². The molecule has 12 heteroatoms. The molecule has 2 heterocycles. The Hall–Kier alpha value is -5.46. The number of aryl methyl sites for hydroxylation is 6. The number of aromatic nitrogens is 4. The van der Waals surface area contributed by atoms with Gasteiger partial charge in [0.25, 0.3) is 0 Å². The predicted molar refractivity (Wildman–Crippen MR) is 231 cm³/mol. The van der Waals surface area contributed by atoms with Crippen molar-refractivity contribution < 1.29 is 30.6 Å². The summed E-state index contributed by atoms with van der Waals surface area (Å²) in [4.78, 5) is 0. The van der Waals surface area contributed by atoms with E-state index < -0.39 is 0 Å². The number of benzene rings is 4. The van der Waals surface area contributed by atoms with Crippen LogP contribution < -0.4 is 10.6 Å². The van der Waals surface area contributed by atoms with Crippen LogP contribution in [0, 0.1) is 41.5 Å². The third kappa shape index (κ3) is 7.51. The fourth-order valence-corrected chi connectivity index (χ4v) is 8.73. The second kappa shape index (κ2) is 16.1. The molecule has 8 N–H and O–H groups in total. The second-order valence-corrected chi connectivity index (χ2v) is 16.9. The van der Waals surface area contributed by atoms with Crippen molar-refractivity contribution in [2.45, 2.75) is 133 Å². The van der Waals surface area contributed by atoms with E-state index in [0.717, 1.165) is 22.8 Å². The number of phenols is 6. The minimum atomic E-state index is -0.323. The Morgan fingerprint density at radius 3 is 1.14 bits per heavy atom. The number of aromatic hydroxyl groups is 6. The van der Waals surface area contributed by atoms with Gasteiger partial charge in [-0.25, -0.2) is 0 Å². The van der Waals surface area contributed by atoms with Crippen LogP contribution in [-0.4, -0.2) is 62.3 Å². The SMILES string of the molecule is Cc1cc(C)n(CC(C)NCc2c(O)c(O)c(C(C)C)c3cc(C)c(-c4c(C)cc5c(C(C)C)c(O)c(O)c(CNC(C)Cn6nc(C)cc6C)c5c4O)c(O)c23)n1. The summed E-state index contributed by atoms with van der Waals surface area (Å²) < 4.78 is 3.84. The number of rotatable bonds is 13. The molecule has 0 aliphatic rings. The molecule has 0 saturated heterocycles. The van der Waals surface area contributed by atoms with E-state index in [9.17, 15) is 30.6 Å². The van der Waals surface area contributed by atoms with Crippen LogP contribution in [0.4, 0.5) is 0 Å². The van der Waals surface area contributed by atoms with Gasteiger partial charge in [0.15, 0.2) is 23.0 Å². The molecule has 310 valence electrons. The third-order valence-electron chi connectivity index (χ3n) is 11.5. The Labute approximate surface area is 340 Å². The average molecular weight is 793 g/mol. The van der Waals surface area contributed by atoms with Crippen LogP contribution in [0.5, 0.6) is 34.5 Å². The van der Waals surface area contributed by atoms with Crippen LogP contribution in [0.1, 0.15) is 110 Å². The Morgan fingerprint density at radius 1 is 0.500 bits per heavy atom. The van der Waals surface area contributed by atoms with Crippen molar-refractivity contribution in [2.24, 2.45) is 0 Å². The zero-order chi connectivity index (χ0) is 42.7. The lowest BCUT2D eigenvalue weighted by molar-refractivity contribution is 0.388. The van der Waals surface area contributed by atoms with Crippen molar-refractivity contribution in [1.29, 1.82) is 0 Å². The molecule has 0 saturated carbocycles. The summed E-state index contributed by atoms with van der Waals surface area (Å²) in [6.45, 7) is 24.6. The van der Waals surface area contributed by atoms with Crippen LogP contribution in [0.25, 0.3) is 32.7 Å². The van der Waals surface area contributed by atoms with Crippen LogP contribution in [0.15, 0.2) is 24.3 Å². The lowest BCUT2D eigenvalue weighted by Crippen LogP contribution is -2.31. The molecule has 4 aromatic carbocycles. The summed E-state index contributed by atoms with van der Waals surface area (Å²) in [7, 11) is 0. The van der Waals surface area contributed by atoms with Gasteiger partial charge in [-0.2, -0.15) is 10.2 Å². The van der Waals surface area contributed by atoms with Gasteiger partial charge in [-0.1, -0.05) is 39.8 Å². The van der Waals surface area contributed by atoms with Gasteiger partial charge in [-0.05, 0) is 101 Å². The zero-order valence-corrected chi connectivity index (χ0v) is 35.9. The molecule has 6 rings (SSSR count). The summed E-state index contributed by atoms with van der Waals surface area (Å²) in [6, 6.07) is 7.61. The number of hydrogen-bond donors (Lipinski definition) is 8. The molecular weight excluding hydrogens is 733 g/mol. The lowest BCUT2D eigenvalue weighted by Gasteiger charge is -2.25. The molecule has 6 aromatic rings. The highest BCUT2D eigenvalue weighted by Crippen LogP contribution is 2.54. The summed E-state index contributed by atoms with van der Waals surface area (Å²) in [5, 5.41) is 89.2. The molecule has 0 amide bonds. The van der Waals surface area contributed by atoms with E-state index in [1.807, 2.05) is 117 Å². The molecule has 2 unspecified atom stereocenters. The molecule has 0 aliphatic carbocycles. The monoisotopic (exact) mass is 792 g/mol. The van der Waals surface area contributed by atoms with Gasteiger partial charge < -0.3 is 41.3 Å². The Kier molecular flexibility index (Phi) is 11.7. The second-order valence-electron chi connectivity index (χ2n) is 16.9. The summed E-state index contributed by atoms with van der Waals surface area (Å²) in [5.41, 5.74) is 7.52. The maximum atomic E-state index is 12.5. The Balaban J connectivity index is 1.54. The Bertz CT molecular complexity index is 2370. The summed E-state index contributed by atoms with van der Waals surface area (Å²) in [6.07, 6.45) is 0. The predicted octanol–water partition coefficient (Wildman–Crippen LogP) is 8.74. The number of hydrogen-bond acceptors (Lipinski definition) is 10. The molecule has 0 spiro atoms. The molecule has 2 aromatic heterocycles. The molecule has 2 atom stereocenters. The first-order valence-corrected chi connectivity index (χ1v) is 20.2. The zero-order valence-electron chi connectivity index (χ0n) is 35.9. The van der Waals surface area contributed by atoms with Crippen LogP contribution in [0.3, 0.4) is 0 Å². The summed E-state index contributed by atoms with van der Waals surface area (Å²) >= 11 is 0. The van der Waals surface area contributed by atoms with E-state index in [2.05, 4.69) is 20.8 Å². The largest absolute Gasteiger partial charge is 0.507 e. The van der Waals surface area contributed by atoms with E-state index in [1.54, 1.807) is 0 Å². The van der Waals surface area contributed by atoms with Crippen LogP contribution in [0.2, 0.25) is 0 Å². The van der Waals surface area contributed by atoms with Gasteiger partial charge in [-0.15, -0.1) is 0 Å². The van der Waals surface area contributed by atoms with Gasteiger partial charge in [0.1, 0.15) is 11.5 Å². The fraction of sp³-hybridized carbons (Fsp3) is 0.435. The number of nitrogens with one attached hydrogen (secondary N) is 2. The van der Waals surface area contributed by atoms with Crippen LogP contribution in [-0.2, 0) is 26.2 Å². The highest BCUT2D eigenvalue weighted by atomic mass is 16.3. The van der Waals surface area contributed by atoms with Crippen LogP contribution >= 0.6 is 0 Å². The van der Waals surface area contributed by atoms with Crippen molar-refractivity contribution in [3.8, 4) is 45.6 Å². The van der Waals surface area contributed by atoms with Gasteiger partial charge in [0, 0.05) is 80.7 Å².